The molecule has 0 aliphatic carbocycles. The number of allylic oxidation sites excluding steroid dienone is 1. The first-order valence-electron chi connectivity index (χ1n) is 8.54. The summed E-state index contributed by atoms with van der Waals surface area (Å²) in [6.07, 6.45) is 3.52. The molecule has 8 nitrogen and oxygen atoms in total. The van der Waals surface area contributed by atoms with Gasteiger partial charge in [0.05, 0.1) is 10.6 Å². The molecule has 0 saturated heterocycles. The number of benzene rings is 2. The van der Waals surface area contributed by atoms with Crippen molar-refractivity contribution in [1.82, 2.24) is 5.43 Å². The summed E-state index contributed by atoms with van der Waals surface area (Å²) in [6, 6.07) is 15.3. The van der Waals surface area contributed by atoms with Crippen LogP contribution in [0.1, 0.15) is 25.3 Å². The van der Waals surface area contributed by atoms with E-state index in [1.807, 2.05) is 36.4 Å². The van der Waals surface area contributed by atoms with Gasteiger partial charge in [-0.25, -0.2) is 5.43 Å². The van der Waals surface area contributed by atoms with Crippen molar-refractivity contribution in [3.05, 3.63) is 76.4 Å². The summed E-state index contributed by atoms with van der Waals surface area (Å²) < 4.78 is 0. The molecule has 28 heavy (non-hydrogen) atoms. The Labute approximate surface area is 162 Å². The number of rotatable bonds is 8. The van der Waals surface area contributed by atoms with E-state index < -0.39 is 16.7 Å². The number of hydrogen-bond donors (Lipinski definition) is 2. The fraction of sp³-hybridized carbons (Fsp3) is 0.150. The largest absolute Gasteiger partial charge is 0.326 e. The quantitative estimate of drug-likeness (QED) is 0.414. The van der Waals surface area contributed by atoms with Gasteiger partial charge in [0.15, 0.2) is 0 Å². The maximum absolute atomic E-state index is 11.9. The molecule has 2 amide bonds. The van der Waals surface area contributed by atoms with Crippen LogP contribution in [-0.2, 0) is 9.59 Å². The molecule has 0 bridgehead atoms. The molecule has 0 unspecified atom stereocenters. The van der Waals surface area contributed by atoms with Crippen LogP contribution in [0.3, 0.4) is 0 Å². The monoisotopic (exact) mass is 380 g/mol. The first-order chi connectivity index (χ1) is 13.4. The number of nitro benzene ring substituents is 1. The highest BCUT2D eigenvalue weighted by Crippen LogP contribution is 2.17. The van der Waals surface area contributed by atoms with Crippen LogP contribution in [-0.4, -0.2) is 22.4 Å². The number of nitro groups is 1. The summed E-state index contributed by atoms with van der Waals surface area (Å²) in [5.41, 5.74) is 4.20. The predicted molar refractivity (Wildman–Crippen MR) is 108 cm³/mol. The van der Waals surface area contributed by atoms with E-state index in [1.165, 1.54) is 24.3 Å². The first-order valence-corrected chi connectivity index (χ1v) is 8.54. The second-order valence-corrected chi connectivity index (χ2v) is 5.89. The molecule has 8 heteroatoms. The number of amides is 2. The first kappa shape index (κ1) is 20.5. The number of non-ortho nitro benzene ring substituents is 1. The van der Waals surface area contributed by atoms with Gasteiger partial charge in [-0.2, -0.15) is 5.10 Å². The Morgan fingerprint density at radius 3 is 2.50 bits per heavy atom. The minimum absolute atomic E-state index is 0.0556. The number of nitrogens with zero attached hydrogens (tertiary/aromatic N) is 2. The minimum Gasteiger partial charge on any atom is -0.326 e. The Hall–Kier alpha value is -3.81. The van der Waals surface area contributed by atoms with Gasteiger partial charge in [0.2, 0.25) is 11.8 Å². The van der Waals surface area contributed by atoms with Crippen LogP contribution in [0.15, 0.2) is 65.8 Å². The number of carbonyl (C=O) groups excluding carboxylic acids is 2. The van der Waals surface area contributed by atoms with Gasteiger partial charge in [0.1, 0.15) is 0 Å². The van der Waals surface area contributed by atoms with Crippen molar-refractivity contribution in [3.8, 4) is 0 Å². The van der Waals surface area contributed by atoms with Gasteiger partial charge in [-0.3, -0.25) is 19.7 Å². The molecule has 2 aromatic rings. The Kier molecular flexibility index (Phi) is 7.59. The minimum atomic E-state index is -0.546. The highest BCUT2D eigenvalue weighted by Gasteiger charge is 2.10. The molecule has 2 aromatic carbocycles. The number of hydrazone groups is 1. The molecule has 2 rings (SSSR count). The third-order valence-electron chi connectivity index (χ3n) is 3.59. The second-order valence-electron chi connectivity index (χ2n) is 5.89. The van der Waals surface area contributed by atoms with E-state index in [2.05, 4.69) is 15.8 Å². The molecule has 0 radical (unpaired) electrons. The average molecular weight is 380 g/mol. The van der Waals surface area contributed by atoms with Crippen molar-refractivity contribution in [2.45, 2.75) is 19.8 Å². The van der Waals surface area contributed by atoms with Crippen LogP contribution in [0, 0.1) is 10.1 Å². The predicted octanol–water partition coefficient (Wildman–Crippen LogP) is 3.52. The highest BCUT2D eigenvalue weighted by atomic mass is 16.6. The van der Waals surface area contributed by atoms with Crippen LogP contribution in [0.2, 0.25) is 0 Å². The van der Waals surface area contributed by atoms with Crippen molar-refractivity contribution in [1.29, 1.82) is 0 Å². The maximum Gasteiger partial charge on any atom is 0.271 e. The molecule has 0 atom stereocenters. The van der Waals surface area contributed by atoms with Crippen molar-refractivity contribution in [3.63, 3.8) is 0 Å². The van der Waals surface area contributed by atoms with E-state index >= 15 is 0 Å². The fourth-order valence-electron chi connectivity index (χ4n) is 2.17. The van der Waals surface area contributed by atoms with Gasteiger partial charge < -0.3 is 5.32 Å². The van der Waals surface area contributed by atoms with E-state index in [9.17, 15) is 19.7 Å². The Bertz CT molecular complexity index is 907. The lowest BCUT2D eigenvalue weighted by Crippen LogP contribution is -2.21. The molecule has 0 fully saturated rings. The lowest BCUT2D eigenvalue weighted by molar-refractivity contribution is -0.384. The number of carbonyl (C=O) groups is 2. The average Bonchev–Trinajstić information content (AvgIpc) is 2.70. The van der Waals surface area contributed by atoms with Crippen molar-refractivity contribution >= 4 is 35.0 Å². The van der Waals surface area contributed by atoms with Crippen molar-refractivity contribution < 1.29 is 14.5 Å². The maximum atomic E-state index is 11.9. The summed E-state index contributed by atoms with van der Waals surface area (Å²) in [5, 5.41) is 17.2. The highest BCUT2D eigenvalue weighted by molar-refractivity contribution is 5.97. The Balaban J connectivity index is 1.77. The summed E-state index contributed by atoms with van der Waals surface area (Å²) >= 11 is 0. The van der Waals surface area contributed by atoms with Gasteiger partial charge in [-0.05, 0) is 24.6 Å². The lowest BCUT2D eigenvalue weighted by Gasteiger charge is -2.05. The summed E-state index contributed by atoms with van der Waals surface area (Å²) in [5.74, 6) is -0.818. The summed E-state index contributed by atoms with van der Waals surface area (Å²) in [6.45, 7) is 1.74. The molecular formula is C20H20N4O4. The zero-order valence-electron chi connectivity index (χ0n) is 15.3. The molecule has 0 spiro atoms. The van der Waals surface area contributed by atoms with E-state index in [4.69, 9.17) is 0 Å². The molecule has 0 aliphatic rings. The van der Waals surface area contributed by atoms with Crippen LogP contribution >= 0.6 is 0 Å². The second kappa shape index (κ2) is 10.4. The van der Waals surface area contributed by atoms with E-state index in [0.717, 1.165) is 5.56 Å². The summed E-state index contributed by atoms with van der Waals surface area (Å²) in [4.78, 5) is 33.9. The standard InChI is InChI=1S/C20H20N4O4/c1-15(10-11-16-6-3-2-4-7-16)22-23-20(26)13-12-19(25)21-17-8-5-9-18(14-17)24(27)28/h2-11,14H,12-13H2,1H3,(H,21,25)(H,23,26). The number of hydrogen-bond acceptors (Lipinski definition) is 5. The van der Waals surface area contributed by atoms with Crippen LogP contribution in [0.4, 0.5) is 11.4 Å². The Morgan fingerprint density at radius 2 is 1.79 bits per heavy atom. The van der Waals surface area contributed by atoms with Gasteiger partial charge >= 0.3 is 0 Å². The zero-order valence-corrected chi connectivity index (χ0v) is 15.3. The molecular weight excluding hydrogens is 360 g/mol. The fourth-order valence-corrected chi connectivity index (χ4v) is 2.17. The van der Waals surface area contributed by atoms with Gasteiger partial charge in [-0.1, -0.05) is 42.5 Å². The molecule has 0 aromatic heterocycles. The normalized spacial score (nSPS) is 11.2. The third-order valence-corrected chi connectivity index (χ3v) is 3.59. The van der Waals surface area contributed by atoms with E-state index in [1.54, 1.807) is 13.0 Å². The smallest absolute Gasteiger partial charge is 0.271 e. The van der Waals surface area contributed by atoms with E-state index in [-0.39, 0.29) is 18.5 Å². The molecule has 0 saturated carbocycles. The van der Waals surface area contributed by atoms with Crippen LogP contribution < -0.4 is 10.7 Å². The third kappa shape index (κ3) is 7.20. The van der Waals surface area contributed by atoms with Crippen LogP contribution in [0.5, 0.6) is 0 Å². The zero-order chi connectivity index (χ0) is 20.4. The van der Waals surface area contributed by atoms with Gasteiger partial charge in [0.25, 0.3) is 5.69 Å². The van der Waals surface area contributed by atoms with Crippen molar-refractivity contribution in [2.24, 2.45) is 5.10 Å². The van der Waals surface area contributed by atoms with Crippen molar-refractivity contribution in [2.75, 3.05) is 5.32 Å². The molecule has 144 valence electrons. The summed E-state index contributed by atoms with van der Waals surface area (Å²) in [7, 11) is 0. The number of nitrogens with one attached hydrogen (secondary N) is 2. The lowest BCUT2D eigenvalue weighted by atomic mass is 10.2. The molecule has 2 N–H and O–H groups in total. The molecule has 0 aliphatic heterocycles. The SMILES string of the molecule is CC(C=Cc1ccccc1)=NNC(=O)CCC(=O)Nc1cccc([N+](=O)[O-])c1. The van der Waals surface area contributed by atoms with Gasteiger partial charge in [-0.15, -0.1) is 0 Å². The Morgan fingerprint density at radius 1 is 1.07 bits per heavy atom. The van der Waals surface area contributed by atoms with Gasteiger partial charge in [0, 0.05) is 30.7 Å². The van der Waals surface area contributed by atoms with E-state index in [0.29, 0.717) is 11.4 Å². The molecule has 0 heterocycles. The topological polar surface area (TPSA) is 114 Å². The number of anilines is 1. The van der Waals surface area contributed by atoms with Crippen LogP contribution in [0.25, 0.3) is 6.08 Å².